The van der Waals surface area contributed by atoms with E-state index in [0.29, 0.717) is 22.0 Å². The lowest BCUT2D eigenvalue weighted by Crippen LogP contribution is -2.08. The van der Waals surface area contributed by atoms with Gasteiger partial charge in [-0.3, -0.25) is 4.79 Å². The van der Waals surface area contributed by atoms with E-state index in [0.717, 1.165) is 5.69 Å². The number of hydrogen-bond donors (Lipinski definition) is 1. The minimum Gasteiger partial charge on any atom is -0.322 e. The predicted octanol–water partition coefficient (Wildman–Crippen LogP) is 2.91. The fourth-order valence-electron chi connectivity index (χ4n) is 2.28. The van der Waals surface area contributed by atoms with Crippen molar-refractivity contribution >= 4 is 29.4 Å². The molecule has 3 aromatic rings. The van der Waals surface area contributed by atoms with Crippen molar-refractivity contribution < 1.29 is 4.79 Å². The number of nitrogens with zero attached hydrogens (tertiary/aromatic N) is 5. The van der Waals surface area contributed by atoms with Crippen molar-refractivity contribution in [2.24, 2.45) is 0 Å². The lowest BCUT2D eigenvalue weighted by atomic mass is 10.1. The molecule has 0 radical (unpaired) electrons. The Labute approximate surface area is 154 Å². The van der Waals surface area contributed by atoms with E-state index in [2.05, 4.69) is 26.9 Å². The van der Waals surface area contributed by atoms with Gasteiger partial charge in [-0.05, 0) is 52.6 Å². The maximum Gasteiger partial charge on any atom is 0.248 e. The molecule has 0 saturated heterocycles. The summed E-state index contributed by atoms with van der Waals surface area (Å²) >= 11 is 1.43. The first-order valence-electron chi connectivity index (χ1n) is 7.62. The van der Waals surface area contributed by atoms with Crippen molar-refractivity contribution in [1.29, 1.82) is 5.26 Å². The van der Waals surface area contributed by atoms with Crippen LogP contribution in [0.2, 0.25) is 0 Å². The van der Waals surface area contributed by atoms with Crippen molar-refractivity contribution in [3.05, 3.63) is 65.7 Å². The van der Waals surface area contributed by atoms with Crippen LogP contribution in [0.25, 0.3) is 11.8 Å². The number of rotatable bonds is 5. The molecule has 0 aliphatic carbocycles. The molecule has 0 bridgehead atoms. The Bertz CT molecular complexity index is 1000. The van der Waals surface area contributed by atoms with Gasteiger partial charge in [0.15, 0.2) is 0 Å². The van der Waals surface area contributed by atoms with Gasteiger partial charge in [0.1, 0.15) is 0 Å². The first-order chi connectivity index (χ1) is 12.7. The zero-order chi connectivity index (χ0) is 18.4. The Hall–Kier alpha value is -3.44. The molecule has 2 aromatic carbocycles. The number of nitriles is 1. The molecule has 1 amide bonds. The number of nitrogens with one attached hydrogen (secondary N) is 1. The molecule has 0 spiro atoms. The second-order valence-electron chi connectivity index (χ2n) is 5.15. The summed E-state index contributed by atoms with van der Waals surface area (Å²) in [5.74, 6) is -0.295. The van der Waals surface area contributed by atoms with Crippen LogP contribution in [0.4, 0.5) is 5.69 Å². The quantitative estimate of drug-likeness (QED) is 0.554. The first-order valence-corrected chi connectivity index (χ1v) is 8.85. The largest absolute Gasteiger partial charge is 0.322 e. The van der Waals surface area contributed by atoms with Gasteiger partial charge in [-0.2, -0.15) is 9.94 Å². The molecule has 1 N–H and O–H groups in total. The molecule has 0 aliphatic rings. The number of carbonyl (C=O) groups is 1. The van der Waals surface area contributed by atoms with Crippen LogP contribution in [0.3, 0.4) is 0 Å². The number of tetrazole rings is 1. The van der Waals surface area contributed by atoms with Crippen LogP contribution in [-0.4, -0.2) is 32.4 Å². The number of carbonyl (C=O) groups excluding carboxylic acids is 1. The van der Waals surface area contributed by atoms with Crippen molar-refractivity contribution in [1.82, 2.24) is 20.2 Å². The number of benzene rings is 2. The fraction of sp³-hybridized carbons (Fsp3) is 0.0556. The van der Waals surface area contributed by atoms with Crippen molar-refractivity contribution in [3.8, 4) is 11.8 Å². The minimum atomic E-state index is -0.295. The maximum atomic E-state index is 12.2. The summed E-state index contributed by atoms with van der Waals surface area (Å²) in [5, 5.41) is 24.1. The standard InChI is InChI=1S/C18H14N6OS/c1-26-18-21-22-23-24(18)16-8-4-7-15(11-16)20-17(25)10-9-13-5-2-3-6-14(13)12-19/h2-11H,1H3,(H,20,25)/b10-9+. The number of aromatic nitrogens is 4. The first kappa shape index (κ1) is 17.4. The van der Waals surface area contributed by atoms with E-state index in [-0.39, 0.29) is 5.91 Å². The van der Waals surface area contributed by atoms with Gasteiger partial charge in [0.2, 0.25) is 11.1 Å². The summed E-state index contributed by atoms with van der Waals surface area (Å²) in [5.41, 5.74) is 2.57. The SMILES string of the molecule is CSc1nnnn1-c1cccc(NC(=O)/C=C/c2ccccc2C#N)c1. The third-order valence-electron chi connectivity index (χ3n) is 3.48. The minimum absolute atomic E-state index is 0.295. The van der Waals surface area contributed by atoms with Gasteiger partial charge in [-0.25, -0.2) is 0 Å². The summed E-state index contributed by atoms with van der Waals surface area (Å²) in [7, 11) is 0. The lowest BCUT2D eigenvalue weighted by molar-refractivity contribution is -0.111. The molecule has 128 valence electrons. The molecule has 0 fully saturated rings. The van der Waals surface area contributed by atoms with E-state index in [9.17, 15) is 4.79 Å². The van der Waals surface area contributed by atoms with E-state index in [1.165, 1.54) is 17.8 Å². The van der Waals surface area contributed by atoms with E-state index < -0.39 is 0 Å². The van der Waals surface area contributed by atoms with Gasteiger partial charge in [-0.1, -0.05) is 36.0 Å². The Kier molecular flexibility index (Phi) is 5.41. The van der Waals surface area contributed by atoms with Crippen LogP contribution < -0.4 is 5.32 Å². The van der Waals surface area contributed by atoms with Gasteiger partial charge in [0, 0.05) is 11.8 Å². The molecule has 8 heteroatoms. The molecule has 1 aromatic heterocycles. The van der Waals surface area contributed by atoms with E-state index >= 15 is 0 Å². The summed E-state index contributed by atoms with van der Waals surface area (Å²) in [6.07, 6.45) is 4.90. The fourth-order valence-corrected chi connectivity index (χ4v) is 2.71. The zero-order valence-electron chi connectivity index (χ0n) is 13.8. The Morgan fingerprint density at radius 1 is 1.27 bits per heavy atom. The highest BCUT2D eigenvalue weighted by Gasteiger charge is 2.08. The molecule has 0 saturated carbocycles. The summed E-state index contributed by atoms with van der Waals surface area (Å²) in [4.78, 5) is 12.2. The Balaban J connectivity index is 1.75. The highest BCUT2D eigenvalue weighted by atomic mass is 32.2. The molecule has 0 atom stereocenters. The van der Waals surface area contributed by atoms with Gasteiger partial charge in [0.05, 0.1) is 17.3 Å². The average Bonchev–Trinajstić information content (AvgIpc) is 3.15. The Morgan fingerprint density at radius 3 is 2.92 bits per heavy atom. The number of thioether (sulfide) groups is 1. The molecule has 0 unspecified atom stereocenters. The molecular formula is C18H14N6OS. The summed E-state index contributed by atoms with van der Waals surface area (Å²) in [6, 6.07) is 16.4. The summed E-state index contributed by atoms with van der Waals surface area (Å²) < 4.78 is 1.60. The van der Waals surface area contributed by atoms with Crippen LogP contribution in [0.15, 0.2) is 59.8 Å². The van der Waals surface area contributed by atoms with Crippen LogP contribution >= 0.6 is 11.8 Å². The van der Waals surface area contributed by atoms with E-state index in [1.54, 1.807) is 41.1 Å². The number of hydrogen-bond acceptors (Lipinski definition) is 6. The normalized spacial score (nSPS) is 10.6. The van der Waals surface area contributed by atoms with Gasteiger partial charge < -0.3 is 5.32 Å². The molecule has 26 heavy (non-hydrogen) atoms. The van der Waals surface area contributed by atoms with Gasteiger partial charge >= 0.3 is 0 Å². The summed E-state index contributed by atoms with van der Waals surface area (Å²) in [6.45, 7) is 0. The third kappa shape index (κ3) is 3.96. The average molecular weight is 362 g/mol. The number of amides is 1. The topological polar surface area (TPSA) is 96.5 Å². The molecule has 1 heterocycles. The number of anilines is 1. The van der Waals surface area contributed by atoms with Gasteiger partial charge in [0.25, 0.3) is 0 Å². The highest BCUT2D eigenvalue weighted by Crippen LogP contribution is 2.18. The van der Waals surface area contributed by atoms with E-state index in [4.69, 9.17) is 5.26 Å². The van der Waals surface area contributed by atoms with Crippen LogP contribution in [0.1, 0.15) is 11.1 Å². The second-order valence-corrected chi connectivity index (χ2v) is 5.92. The zero-order valence-corrected chi connectivity index (χ0v) is 14.6. The van der Waals surface area contributed by atoms with Crippen LogP contribution in [-0.2, 0) is 4.79 Å². The highest BCUT2D eigenvalue weighted by molar-refractivity contribution is 7.98. The molecule has 7 nitrogen and oxygen atoms in total. The van der Waals surface area contributed by atoms with Crippen molar-refractivity contribution in [2.45, 2.75) is 5.16 Å². The van der Waals surface area contributed by atoms with E-state index in [1.807, 2.05) is 24.5 Å². The maximum absolute atomic E-state index is 12.2. The molecular weight excluding hydrogens is 348 g/mol. The predicted molar refractivity (Wildman–Crippen MR) is 99.8 cm³/mol. The van der Waals surface area contributed by atoms with Gasteiger partial charge in [-0.15, -0.1) is 5.10 Å². The molecule has 3 rings (SSSR count). The van der Waals surface area contributed by atoms with Crippen molar-refractivity contribution in [2.75, 3.05) is 11.6 Å². The van der Waals surface area contributed by atoms with Crippen LogP contribution in [0, 0.1) is 11.3 Å². The Morgan fingerprint density at radius 2 is 2.12 bits per heavy atom. The van der Waals surface area contributed by atoms with Crippen LogP contribution in [0.5, 0.6) is 0 Å². The lowest BCUT2D eigenvalue weighted by Gasteiger charge is -2.06. The second kappa shape index (κ2) is 8.09. The smallest absolute Gasteiger partial charge is 0.248 e. The monoisotopic (exact) mass is 362 g/mol. The third-order valence-corrected chi connectivity index (χ3v) is 4.10. The van der Waals surface area contributed by atoms with Crippen molar-refractivity contribution in [3.63, 3.8) is 0 Å². The molecule has 0 aliphatic heterocycles.